The molecule has 6 nitrogen and oxygen atoms in total. The van der Waals surface area contributed by atoms with Crippen LogP contribution in [0.1, 0.15) is 52.9 Å². The van der Waals surface area contributed by atoms with Gasteiger partial charge in [-0.15, -0.1) is 0 Å². The summed E-state index contributed by atoms with van der Waals surface area (Å²) in [5, 5.41) is 14.9. The average Bonchev–Trinajstić information content (AvgIpc) is 3.17. The number of urea groups is 1. The lowest BCUT2D eigenvalue weighted by Gasteiger charge is -2.42. The summed E-state index contributed by atoms with van der Waals surface area (Å²) in [6.07, 6.45) is 5.30. The Hall–Kier alpha value is -1.30. The van der Waals surface area contributed by atoms with Gasteiger partial charge in [0.25, 0.3) is 0 Å². The van der Waals surface area contributed by atoms with E-state index in [0.29, 0.717) is 11.3 Å². The molecule has 0 spiro atoms. The molecule has 2 saturated carbocycles. The van der Waals surface area contributed by atoms with Crippen LogP contribution in [0, 0.1) is 11.3 Å². The number of aliphatic carboxylic acids is 1. The summed E-state index contributed by atoms with van der Waals surface area (Å²) in [5.41, 5.74) is 0.341. The molecule has 0 radical (unpaired) electrons. The molecule has 0 unspecified atom stereocenters. The zero-order valence-corrected chi connectivity index (χ0v) is 14.6. The molecule has 0 heterocycles. The van der Waals surface area contributed by atoms with E-state index in [2.05, 4.69) is 24.5 Å². The third kappa shape index (κ3) is 5.37. The van der Waals surface area contributed by atoms with E-state index in [4.69, 9.17) is 5.11 Å². The van der Waals surface area contributed by atoms with Gasteiger partial charge in [-0.3, -0.25) is 9.69 Å². The number of amides is 2. The van der Waals surface area contributed by atoms with Crippen molar-refractivity contribution >= 4 is 12.0 Å². The van der Waals surface area contributed by atoms with Gasteiger partial charge in [0.15, 0.2) is 0 Å². The van der Waals surface area contributed by atoms with Crippen LogP contribution in [-0.2, 0) is 4.79 Å². The third-order valence-electron chi connectivity index (χ3n) is 5.13. The Morgan fingerprint density at radius 1 is 1.30 bits per heavy atom. The van der Waals surface area contributed by atoms with Crippen LogP contribution in [0.2, 0.25) is 0 Å². The topological polar surface area (TPSA) is 81.7 Å². The van der Waals surface area contributed by atoms with Gasteiger partial charge in [-0.25, -0.2) is 4.79 Å². The number of likely N-dealkylation sites (N-methyl/N-ethyl adjacent to an activating group) is 1. The molecule has 132 valence electrons. The van der Waals surface area contributed by atoms with Crippen molar-refractivity contribution in [2.45, 2.75) is 65.0 Å². The Labute approximate surface area is 139 Å². The highest BCUT2D eigenvalue weighted by Gasteiger charge is 2.43. The van der Waals surface area contributed by atoms with Gasteiger partial charge in [0.05, 0.1) is 6.54 Å². The average molecular weight is 325 g/mol. The van der Waals surface area contributed by atoms with Crippen molar-refractivity contribution in [2.24, 2.45) is 11.3 Å². The zero-order chi connectivity index (χ0) is 17.0. The van der Waals surface area contributed by atoms with E-state index in [-0.39, 0.29) is 24.7 Å². The number of rotatable bonds is 9. The van der Waals surface area contributed by atoms with E-state index >= 15 is 0 Å². The molecule has 2 rings (SSSR count). The molecule has 6 heteroatoms. The SMILES string of the molecule is CCN(CC(=O)O)C1CC(NC(=O)NCC2(CC(C)C)CC2)C1. The quantitative estimate of drug-likeness (QED) is 0.606. The first kappa shape index (κ1) is 18.0. The van der Waals surface area contributed by atoms with Gasteiger partial charge in [-0.1, -0.05) is 20.8 Å². The number of carbonyl (C=O) groups excluding carboxylic acids is 1. The monoisotopic (exact) mass is 325 g/mol. The maximum Gasteiger partial charge on any atom is 0.317 e. The maximum atomic E-state index is 12.0. The minimum atomic E-state index is -0.791. The molecule has 0 saturated heterocycles. The zero-order valence-electron chi connectivity index (χ0n) is 14.6. The molecule has 0 atom stereocenters. The molecule has 0 aromatic carbocycles. The van der Waals surface area contributed by atoms with Crippen LogP contribution >= 0.6 is 0 Å². The van der Waals surface area contributed by atoms with Crippen LogP contribution in [0.5, 0.6) is 0 Å². The second-order valence-electron chi connectivity index (χ2n) is 7.70. The number of nitrogens with zero attached hydrogens (tertiary/aromatic N) is 1. The fourth-order valence-electron chi connectivity index (χ4n) is 3.68. The normalized spacial score (nSPS) is 25.1. The molecular formula is C17H31N3O3. The minimum Gasteiger partial charge on any atom is -0.480 e. The van der Waals surface area contributed by atoms with Gasteiger partial charge in [0, 0.05) is 18.6 Å². The minimum absolute atomic E-state index is 0.0789. The summed E-state index contributed by atoms with van der Waals surface area (Å²) in [5.74, 6) is -0.120. The summed E-state index contributed by atoms with van der Waals surface area (Å²) in [6, 6.07) is 0.366. The Balaban J connectivity index is 1.63. The Morgan fingerprint density at radius 2 is 1.96 bits per heavy atom. The van der Waals surface area contributed by atoms with E-state index in [1.807, 2.05) is 11.8 Å². The number of carboxylic acid groups (broad SMARTS) is 1. The van der Waals surface area contributed by atoms with Crippen LogP contribution in [-0.4, -0.2) is 53.7 Å². The smallest absolute Gasteiger partial charge is 0.317 e. The first-order chi connectivity index (χ1) is 10.8. The maximum absolute atomic E-state index is 12.0. The Bertz CT molecular complexity index is 429. The molecule has 2 amide bonds. The molecular weight excluding hydrogens is 294 g/mol. The summed E-state index contributed by atoms with van der Waals surface area (Å²) in [4.78, 5) is 24.8. The van der Waals surface area contributed by atoms with Crippen molar-refractivity contribution in [1.29, 1.82) is 0 Å². The first-order valence-electron chi connectivity index (χ1n) is 8.84. The van der Waals surface area contributed by atoms with Gasteiger partial charge < -0.3 is 15.7 Å². The van der Waals surface area contributed by atoms with Gasteiger partial charge in [0.1, 0.15) is 0 Å². The van der Waals surface area contributed by atoms with Crippen LogP contribution in [0.3, 0.4) is 0 Å². The van der Waals surface area contributed by atoms with Gasteiger partial charge in [0.2, 0.25) is 0 Å². The molecule has 2 fully saturated rings. The molecule has 2 aliphatic rings. The van der Waals surface area contributed by atoms with Crippen LogP contribution in [0.25, 0.3) is 0 Å². The van der Waals surface area contributed by atoms with E-state index in [9.17, 15) is 9.59 Å². The van der Waals surface area contributed by atoms with Crippen LogP contribution in [0.4, 0.5) is 4.79 Å². The summed E-state index contributed by atoms with van der Waals surface area (Å²) in [7, 11) is 0. The molecule has 3 N–H and O–H groups in total. The van der Waals surface area contributed by atoms with E-state index in [0.717, 1.165) is 25.9 Å². The van der Waals surface area contributed by atoms with Gasteiger partial charge in [-0.2, -0.15) is 0 Å². The molecule has 0 aliphatic heterocycles. The summed E-state index contributed by atoms with van der Waals surface area (Å²) in [6.45, 7) is 8.01. The van der Waals surface area contributed by atoms with Gasteiger partial charge in [-0.05, 0) is 50.0 Å². The second-order valence-corrected chi connectivity index (χ2v) is 7.70. The third-order valence-corrected chi connectivity index (χ3v) is 5.13. The number of nitrogens with one attached hydrogen (secondary N) is 2. The number of carboxylic acids is 1. The summed E-state index contributed by atoms with van der Waals surface area (Å²) < 4.78 is 0. The van der Waals surface area contributed by atoms with Crippen molar-refractivity contribution in [3.8, 4) is 0 Å². The number of hydrogen-bond donors (Lipinski definition) is 3. The van der Waals surface area contributed by atoms with Crippen molar-refractivity contribution < 1.29 is 14.7 Å². The second kappa shape index (κ2) is 7.51. The van der Waals surface area contributed by atoms with Crippen molar-refractivity contribution in [2.75, 3.05) is 19.6 Å². The van der Waals surface area contributed by atoms with E-state index in [1.54, 1.807) is 0 Å². The lowest BCUT2D eigenvalue weighted by molar-refractivity contribution is -0.139. The highest BCUT2D eigenvalue weighted by atomic mass is 16.4. The number of carbonyl (C=O) groups is 2. The Kier molecular flexibility index (Phi) is 5.89. The van der Waals surface area contributed by atoms with Crippen molar-refractivity contribution in [3.05, 3.63) is 0 Å². The van der Waals surface area contributed by atoms with Crippen molar-refractivity contribution in [1.82, 2.24) is 15.5 Å². The highest BCUT2D eigenvalue weighted by molar-refractivity contribution is 5.74. The van der Waals surface area contributed by atoms with Crippen LogP contribution in [0.15, 0.2) is 0 Å². The first-order valence-corrected chi connectivity index (χ1v) is 8.84. The highest BCUT2D eigenvalue weighted by Crippen LogP contribution is 2.49. The molecule has 0 aromatic heterocycles. The predicted molar refractivity (Wildman–Crippen MR) is 89.3 cm³/mol. The predicted octanol–water partition coefficient (Wildman–Crippen LogP) is 2.05. The van der Waals surface area contributed by atoms with E-state index < -0.39 is 5.97 Å². The summed E-state index contributed by atoms with van der Waals surface area (Å²) >= 11 is 0. The molecule has 23 heavy (non-hydrogen) atoms. The lowest BCUT2D eigenvalue weighted by Crippen LogP contribution is -2.56. The van der Waals surface area contributed by atoms with Crippen molar-refractivity contribution in [3.63, 3.8) is 0 Å². The molecule has 2 aliphatic carbocycles. The molecule has 0 aromatic rings. The fraction of sp³-hybridized carbons (Fsp3) is 0.882. The standard InChI is InChI=1S/C17H31N3O3/c1-4-20(10-15(21)22)14-7-13(8-14)19-16(23)18-11-17(5-6-17)9-12(2)3/h12-14H,4-11H2,1-3H3,(H,21,22)(H2,18,19,23). The van der Waals surface area contributed by atoms with Crippen LogP contribution < -0.4 is 10.6 Å². The Morgan fingerprint density at radius 3 is 2.43 bits per heavy atom. The largest absolute Gasteiger partial charge is 0.480 e. The van der Waals surface area contributed by atoms with E-state index in [1.165, 1.54) is 19.3 Å². The fourth-order valence-corrected chi connectivity index (χ4v) is 3.68. The number of hydrogen-bond acceptors (Lipinski definition) is 3. The van der Waals surface area contributed by atoms with Gasteiger partial charge >= 0.3 is 12.0 Å². The lowest BCUT2D eigenvalue weighted by atomic mass is 9.85. The molecule has 0 bridgehead atoms.